The normalized spacial score (nSPS) is 12.2. The summed E-state index contributed by atoms with van der Waals surface area (Å²) in [4.78, 5) is 0. The number of rotatable bonds is 4. The van der Waals surface area contributed by atoms with Gasteiger partial charge < -0.3 is 4.74 Å². The second-order valence-corrected chi connectivity index (χ2v) is 5.25. The lowest BCUT2D eigenvalue weighted by Gasteiger charge is -2.19. The standard InChI is InChI=1S/C14H14BrClN2O/c1-19-10-7-5-9(6-8-10)14(18-17)11-3-2-4-12(15)13(11)16/h2-8,14,18H,17H2,1H3. The van der Waals surface area contributed by atoms with Gasteiger partial charge in [-0.1, -0.05) is 35.9 Å². The van der Waals surface area contributed by atoms with E-state index in [0.29, 0.717) is 5.02 Å². The van der Waals surface area contributed by atoms with Gasteiger partial charge in [-0.25, -0.2) is 5.43 Å². The van der Waals surface area contributed by atoms with E-state index in [4.69, 9.17) is 22.2 Å². The van der Waals surface area contributed by atoms with Gasteiger partial charge in [0, 0.05) is 4.47 Å². The van der Waals surface area contributed by atoms with E-state index in [0.717, 1.165) is 21.3 Å². The summed E-state index contributed by atoms with van der Waals surface area (Å²) in [5, 5.41) is 0.654. The first-order valence-corrected chi connectivity index (χ1v) is 6.88. The van der Waals surface area contributed by atoms with Crippen LogP contribution in [0.3, 0.4) is 0 Å². The average Bonchev–Trinajstić information content (AvgIpc) is 2.45. The average molecular weight is 342 g/mol. The molecule has 0 fully saturated rings. The van der Waals surface area contributed by atoms with E-state index in [1.54, 1.807) is 7.11 Å². The van der Waals surface area contributed by atoms with Crippen molar-refractivity contribution in [2.75, 3.05) is 7.11 Å². The Hall–Kier alpha value is -1.07. The summed E-state index contributed by atoms with van der Waals surface area (Å²) in [6.45, 7) is 0. The SMILES string of the molecule is COc1ccc(C(NN)c2cccc(Br)c2Cl)cc1. The molecule has 0 aliphatic carbocycles. The highest BCUT2D eigenvalue weighted by Crippen LogP contribution is 2.33. The number of nitrogens with two attached hydrogens (primary N) is 1. The molecule has 2 aromatic carbocycles. The zero-order valence-electron chi connectivity index (χ0n) is 10.4. The largest absolute Gasteiger partial charge is 0.497 e. The highest BCUT2D eigenvalue weighted by atomic mass is 79.9. The van der Waals surface area contributed by atoms with E-state index in [1.165, 1.54) is 0 Å². The third-order valence-electron chi connectivity index (χ3n) is 2.91. The van der Waals surface area contributed by atoms with Gasteiger partial charge in [-0.2, -0.15) is 0 Å². The Morgan fingerprint density at radius 1 is 1.21 bits per heavy atom. The van der Waals surface area contributed by atoms with Gasteiger partial charge in [-0.05, 0) is 45.3 Å². The molecule has 2 rings (SSSR count). The number of halogens is 2. The fourth-order valence-electron chi connectivity index (χ4n) is 1.91. The number of hydrogen-bond donors (Lipinski definition) is 2. The Bertz CT molecular complexity index is 560. The van der Waals surface area contributed by atoms with E-state index >= 15 is 0 Å². The predicted molar refractivity (Wildman–Crippen MR) is 81.3 cm³/mol. The van der Waals surface area contributed by atoms with E-state index in [2.05, 4.69) is 21.4 Å². The molecule has 5 heteroatoms. The van der Waals surface area contributed by atoms with Gasteiger partial charge in [0.05, 0.1) is 18.2 Å². The third-order valence-corrected chi connectivity index (χ3v) is 4.22. The van der Waals surface area contributed by atoms with Gasteiger partial charge in [0.1, 0.15) is 5.75 Å². The third kappa shape index (κ3) is 3.09. The molecule has 0 saturated carbocycles. The van der Waals surface area contributed by atoms with E-state index in [-0.39, 0.29) is 6.04 Å². The highest BCUT2D eigenvalue weighted by molar-refractivity contribution is 9.10. The molecule has 0 aliphatic heterocycles. The van der Waals surface area contributed by atoms with Crippen LogP contribution >= 0.6 is 27.5 Å². The van der Waals surface area contributed by atoms with Crippen LogP contribution < -0.4 is 16.0 Å². The Morgan fingerprint density at radius 3 is 2.47 bits per heavy atom. The second-order valence-electron chi connectivity index (χ2n) is 4.02. The Kier molecular flexibility index (Phi) is 4.82. The Labute approximate surface area is 125 Å². The molecule has 0 aliphatic rings. The van der Waals surface area contributed by atoms with Crippen molar-refractivity contribution in [2.45, 2.75) is 6.04 Å². The van der Waals surface area contributed by atoms with Crippen LogP contribution in [0.2, 0.25) is 5.02 Å². The Balaban J connectivity index is 2.40. The van der Waals surface area contributed by atoms with Crippen LogP contribution in [0.15, 0.2) is 46.9 Å². The maximum absolute atomic E-state index is 6.31. The molecule has 0 aromatic heterocycles. The summed E-state index contributed by atoms with van der Waals surface area (Å²) >= 11 is 9.73. The number of methoxy groups -OCH3 is 1. The van der Waals surface area contributed by atoms with Crippen molar-refractivity contribution in [3.63, 3.8) is 0 Å². The van der Waals surface area contributed by atoms with Crippen molar-refractivity contribution >= 4 is 27.5 Å². The summed E-state index contributed by atoms with van der Waals surface area (Å²) in [6, 6.07) is 13.3. The molecule has 0 heterocycles. The van der Waals surface area contributed by atoms with Gasteiger partial charge >= 0.3 is 0 Å². The lowest BCUT2D eigenvalue weighted by molar-refractivity contribution is 0.414. The zero-order valence-corrected chi connectivity index (χ0v) is 12.7. The van der Waals surface area contributed by atoms with Gasteiger partial charge in [-0.15, -0.1) is 0 Å². The molecular weight excluding hydrogens is 328 g/mol. The smallest absolute Gasteiger partial charge is 0.118 e. The molecule has 2 aromatic rings. The fourth-order valence-corrected chi connectivity index (χ4v) is 2.52. The molecule has 1 unspecified atom stereocenters. The maximum atomic E-state index is 6.31. The van der Waals surface area contributed by atoms with E-state index < -0.39 is 0 Å². The van der Waals surface area contributed by atoms with Crippen molar-refractivity contribution in [3.05, 3.63) is 63.1 Å². The molecule has 0 bridgehead atoms. The minimum Gasteiger partial charge on any atom is -0.497 e. The van der Waals surface area contributed by atoms with Crippen LogP contribution in [0.4, 0.5) is 0 Å². The van der Waals surface area contributed by atoms with Crippen molar-refractivity contribution in [1.82, 2.24) is 5.43 Å². The Morgan fingerprint density at radius 2 is 1.89 bits per heavy atom. The predicted octanol–water partition coefficient (Wildman–Crippen LogP) is 3.66. The number of nitrogens with one attached hydrogen (secondary N) is 1. The summed E-state index contributed by atoms with van der Waals surface area (Å²) in [5.74, 6) is 6.48. The fraction of sp³-hybridized carbons (Fsp3) is 0.143. The van der Waals surface area contributed by atoms with Gasteiger partial charge in [0.2, 0.25) is 0 Å². The second kappa shape index (κ2) is 6.39. The van der Waals surface area contributed by atoms with Crippen molar-refractivity contribution in [2.24, 2.45) is 5.84 Å². The first-order valence-electron chi connectivity index (χ1n) is 5.71. The van der Waals surface area contributed by atoms with Crippen molar-refractivity contribution < 1.29 is 4.74 Å². The van der Waals surface area contributed by atoms with Crippen LogP contribution in [0.1, 0.15) is 17.2 Å². The molecule has 0 radical (unpaired) electrons. The van der Waals surface area contributed by atoms with Crippen LogP contribution in [-0.2, 0) is 0 Å². The first-order chi connectivity index (χ1) is 9.17. The monoisotopic (exact) mass is 340 g/mol. The molecule has 0 spiro atoms. The molecule has 3 N–H and O–H groups in total. The summed E-state index contributed by atoms with van der Waals surface area (Å²) in [6.07, 6.45) is 0. The number of hydrazine groups is 1. The van der Waals surface area contributed by atoms with Gasteiger partial charge in [-0.3, -0.25) is 5.84 Å². The molecule has 0 amide bonds. The quantitative estimate of drug-likeness (QED) is 0.659. The van der Waals surface area contributed by atoms with Crippen LogP contribution in [0.25, 0.3) is 0 Å². The molecule has 0 saturated heterocycles. The van der Waals surface area contributed by atoms with E-state index in [1.807, 2.05) is 42.5 Å². The van der Waals surface area contributed by atoms with Gasteiger partial charge in [0.25, 0.3) is 0 Å². The molecule has 100 valence electrons. The topological polar surface area (TPSA) is 47.3 Å². The van der Waals surface area contributed by atoms with Crippen molar-refractivity contribution in [1.29, 1.82) is 0 Å². The van der Waals surface area contributed by atoms with Crippen LogP contribution in [0, 0.1) is 0 Å². The molecule has 19 heavy (non-hydrogen) atoms. The number of hydrogen-bond acceptors (Lipinski definition) is 3. The summed E-state index contributed by atoms with van der Waals surface area (Å²) in [5.41, 5.74) is 4.73. The van der Waals surface area contributed by atoms with Crippen molar-refractivity contribution in [3.8, 4) is 5.75 Å². The zero-order chi connectivity index (χ0) is 13.8. The summed E-state index contributed by atoms with van der Waals surface area (Å²) in [7, 11) is 1.64. The lowest BCUT2D eigenvalue weighted by atomic mass is 9.99. The van der Waals surface area contributed by atoms with E-state index in [9.17, 15) is 0 Å². The maximum Gasteiger partial charge on any atom is 0.118 e. The highest BCUT2D eigenvalue weighted by Gasteiger charge is 2.16. The molecule has 3 nitrogen and oxygen atoms in total. The molecule has 1 atom stereocenters. The number of ether oxygens (including phenoxy) is 1. The van der Waals surface area contributed by atoms with Crippen LogP contribution in [0.5, 0.6) is 5.75 Å². The first kappa shape index (κ1) is 14.3. The molecular formula is C14H14BrClN2O. The summed E-state index contributed by atoms with van der Waals surface area (Å²) < 4.78 is 5.99. The minimum absolute atomic E-state index is 0.170. The van der Waals surface area contributed by atoms with Crippen LogP contribution in [-0.4, -0.2) is 7.11 Å². The van der Waals surface area contributed by atoms with Gasteiger partial charge in [0.15, 0.2) is 0 Å². The number of benzene rings is 2. The minimum atomic E-state index is -0.170. The lowest BCUT2D eigenvalue weighted by Crippen LogP contribution is -2.29.